The Morgan fingerprint density at radius 3 is 2.06 bits per heavy atom. The summed E-state index contributed by atoms with van der Waals surface area (Å²) in [6, 6.07) is 0. The number of hydrogen-bond acceptors (Lipinski definition) is 2. The third kappa shape index (κ3) is 8.09. The average Bonchev–Trinajstić information content (AvgIpc) is 2.29. The van der Waals surface area contributed by atoms with Gasteiger partial charge in [-0.2, -0.15) is 0 Å². The predicted molar refractivity (Wildman–Crippen MR) is 79.2 cm³/mol. The number of hydrogen-bond donors (Lipinski definition) is 0. The Labute approximate surface area is 114 Å². The van der Waals surface area contributed by atoms with Crippen LogP contribution in [0.3, 0.4) is 0 Å². The van der Waals surface area contributed by atoms with Gasteiger partial charge in [0.1, 0.15) is 0 Å². The third-order valence-electron chi connectivity index (χ3n) is 2.98. The van der Waals surface area contributed by atoms with Crippen LogP contribution in [0.15, 0.2) is 0 Å². The fourth-order valence-electron chi connectivity index (χ4n) is 1.93. The Kier molecular flexibility index (Phi) is 9.74. The first-order valence-corrected chi connectivity index (χ1v) is 9.02. The van der Waals surface area contributed by atoms with Crippen LogP contribution in [0.1, 0.15) is 66.2 Å². The van der Waals surface area contributed by atoms with Crippen molar-refractivity contribution in [2.45, 2.75) is 66.2 Å². The molecule has 0 radical (unpaired) electrons. The van der Waals surface area contributed by atoms with E-state index in [4.69, 9.17) is 0 Å². The maximum absolute atomic E-state index is 12.3. The van der Waals surface area contributed by atoms with Crippen molar-refractivity contribution in [1.82, 2.24) is 4.31 Å². The van der Waals surface area contributed by atoms with Crippen LogP contribution in [-0.4, -0.2) is 31.6 Å². The lowest BCUT2D eigenvalue weighted by atomic mass is 10.2. The molecule has 110 valence electrons. The molecule has 0 aliphatic heterocycles. The van der Waals surface area contributed by atoms with Crippen molar-refractivity contribution in [3.05, 3.63) is 0 Å². The summed E-state index contributed by atoms with van der Waals surface area (Å²) in [6.07, 6.45) is 6.11. The molecule has 0 spiro atoms. The summed E-state index contributed by atoms with van der Waals surface area (Å²) >= 11 is 0. The lowest BCUT2D eigenvalue weighted by molar-refractivity contribution is 0.360. The first-order chi connectivity index (χ1) is 8.44. The van der Waals surface area contributed by atoms with Crippen molar-refractivity contribution in [3.63, 3.8) is 0 Å². The molecule has 4 heteroatoms. The Balaban J connectivity index is 4.34. The minimum Gasteiger partial charge on any atom is -0.212 e. The second-order valence-electron chi connectivity index (χ2n) is 5.48. The standard InChI is InChI=1S/C14H31NO2S/c1-5-7-9-10-12-18(16,17)15(11-8-6-2)13-14(3)4/h14H,5-13H2,1-4H3. The van der Waals surface area contributed by atoms with E-state index in [0.717, 1.165) is 38.5 Å². The van der Waals surface area contributed by atoms with Gasteiger partial charge in [-0.15, -0.1) is 0 Å². The van der Waals surface area contributed by atoms with E-state index in [-0.39, 0.29) is 0 Å². The van der Waals surface area contributed by atoms with Gasteiger partial charge in [-0.1, -0.05) is 53.4 Å². The van der Waals surface area contributed by atoms with Gasteiger partial charge >= 0.3 is 0 Å². The van der Waals surface area contributed by atoms with E-state index in [2.05, 4.69) is 27.7 Å². The van der Waals surface area contributed by atoms with Gasteiger partial charge in [0.15, 0.2) is 0 Å². The monoisotopic (exact) mass is 277 g/mol. The predicted octanol–water partition coefficient (Wildman–Crippen LogP) is 3.65. The molecule has 0 saturated heterocycles. The number of sulfonamides is 1. The molecule has 0 aromatic carbocycles. The largest absolute Gasteiger partial charge is 0.214 e. The van der Waals surface area contributed by atoms with Crippen LogP contribution in [0, 0.1) is 5.92 Å². The smallest absolute Gasteiger partial charge is 0.212 e. The molecule has 0 bridgehead atoms. The van der Waals surface area contributed by atoms with Crippen LogP contribution < -0.4 is 0 Å². The Morgan fingerprint density at radius 2 is 1.56 bits per heavy atom. The Bertz CT molecular complexity index is 286. The minimum absolute atomic E-state index is 0.323. The Morgan fingerprint density at radius 1 is 0.944 bits per heavy atom. The van der Waals surface area contributed by atoms with Gasteiger partial charge in [0.05, 0.1) is 5.75 Å². The highest BCUT2D eigenvalue weighted by molar-refractivity contribution is 7.89. The summed E-state index contributed by atoms with van der Waals surface area (Å²) in [5.74, 6) is 0.718. The van der Waals surface area contributed by atoms with Crippen LogP contribution in [0.4, 0.5) is 0 Å². The van der Waals surface area contributed by atoms with E-state index in [1.807, 2.05) is 0 Å². The molecule has 0 rings (SSSR count). The minimum atomic E-state index is -3.04. The van der Waals surface area contributed by atoms with E-state index in [1.54, 1.807) is 4.31 Å². The highest BCUT2D eigenvalue weighted by atomic mass is 32.2. The summed E-state index contributed by atoms with van der Waals surface area (Å²) in [5.41, 5.74) is 0. The summed E-state index contributed by atoms with van der Waals surface area (Å²) in [5, 5.41) is 0. The molecular weight excluding hydrogens is 246 g/mol. The molecule has 3 nitrogen and oxygen atoms in total. The van der Waals surface area contributed by atoms with Crippen LogP contribution in [0.5, 0.6) is 0 Å². The second kappa shape index (κ2) is 9.79. The molecule has 0 fully saturated rings. The molecule has 0 N–H and O–H groups in total. The van der Waals surface area contributed by atoms with Crippen LogP contribution >= 0.6 is 0 Å². The van der Waals surface area contributed by atoms with E-state index in [0.29, 0.717) is 24.8 Å². The first-order valence-electron chi connectivity index (χ1n) is 7.41. The topological polar surface area (TPSA) is 37.4 Å². The summed E-state index contributed by atoms with van der Waals surface area (Å²) in [6.45, 7) is 9.74. The summed E-state index contributed by atoms with van der Waals surface area (Å²) < 4.78 is 26.2. The lowest BCUT2D eigenvalue weighted by Gasteiger charge is -2.23. The van der Waals surface area contributed by atoms with Gasteiger partial charge < -0.3 is 0 Å². The number of unbranched alkanes of at least 4 members (excludes halogenated alkanes) is 4. The highest BCUT2D eigenvalue weighted by Crippen LogP contribution is 2.11. The van der Waals surface area contributed by atoms with Gasteiger partial charge in [0.25, 0.3) is 0 Å². The average molecular weight is 277 g/mol. The highest BCUT2D eigenvalue weighted by Gasteiger charge is 2.21. The van der Waals surface area contributed by atoms with Crippen LogP contribution in [0.25, 0.3) is 0 Å². The molecule has 0 aromatic rings. The zero-order valence-corrected chi connectivity index (χ0v) is 13.4. The molecule has 0 aliphatic rings. The molecule has 0 aliphatic carbocycles. The SMILES string of the molecule is CCCCCCS(=O)(=O)N(CCCC)CC(C)C. The third-order valence-corrected chi connectivity index (χ3v) is 4.90. The van der Waals surface area contributed by atoms with Gasteiger partial charge in [0.2, 0.25) is 10.0 Å². The number of nitrogens with zero attached hydrogens (tertiary/aromatic N) is 1. The molecule has 0 unspecified atom stereocenters. The fourth-order valence-corrected chi connectivity index (χ4v) is 3.69. The van der Waals surface area contributed by atoms with E-state index >= 15 is 0 Å². The zero-order valence-electron chi connectivity index (χ0n) is 12.6. The summed E-state index contributed by atoms with van der Waals surface area (Å²) in [7, 11) is -3.04. The van der Waals surface area contributed by atoms with Crippen molar-refractivity contribution < 1.29 is 8.42 Å². The van der Waals surface area contributed by atoms with Crippen molar-refractivity contribution in [1.29, 1.82) is 0 Å². The van der Waals surface area contributed by atoms with E-state index in [9.17, 15) is 8.42 Å². The normalized spacial score (nSPS) is 12.6. The lowest BCUT2D eigenvalue weighted by Crippen LogP contribution is -2.36. The van der Waals surface area contributed by atoms with Gasteiger partial charge in [-0.25, -0.2) is 12.7 Å². The molecule has 18 heavy (non-hydrogen) atoms. The molecule has 0 saturated carbocycles. The van der Waals surface area contributed by atoms with Crippen molar-refractivity contribution in [2.24, 2.45) is 5.92 Å². The molecule has 0 atom stereocenters. The molecular formula is C14H31NO2S. The van der Waals surface area contributed by atoms with Crippen molar-refractivity contribution in [3.8, 4) is 0 Å². The second-order valence-corrected chi connectivity index (χ2v) is 7.57. The molecule has 0 heterocycles. The Hall–Kier alpha value is -0.0900. The number of rotatable bonds is 11. The fraction of sp³-hybridized carbons (Fsp3) is 1.00. The molecule has 0 aromatic heterocycles. The summed E-state index contributed by atoms with van der Waals surface area (Å²) in [4.78, 5) is 0. The zero-order chi connectivity index (χ0) is 14.0. The van der Waals surface area contributed by atoms with E-state index < -0.39 is 10.0 Å². The maximum atomic E-state index is 12.3. The van der Waals surface area contributed by atoms with Gasteiger partial charge in [0, 0.05) is 13.1 Å². The molecule has 0 amide bonds. The maximum Gasteiger partial charge on any atom is 0.214 e. The van der Waals surface area contributed by atoms with Gasteiger partial charge in [-0.05, 0) is 18.8 Å². The quantitative estimate of drug-likeness (QED) is 0.541. The van der Waals surface area contributed by atoms with Gasteiger partial charge in [-0.3, -0.25) is 0 Å². The van der Waals surface area contributed by atoms with Crippen LogP contribution in [-0.2, 0) is 10.0 Å². The first kappa shape index (κ1) is 17.9. The van der Waals surface area contributed by atoms with E-state index in [1.165, 1.54) is 0 Å². The van der Waals surface area contributed by atoms with Crippen molar-refractivity contribution >= 4 is 10.0 Å². The van der Waals surface area contributed by atoms with Crippen LogP contribution in [0.2, 0.25) is 0 Å². The van der Waals surface area contributed by atoms with Crippen molar-refractivity contribution in [2.75, 3.05) is 18.8 Å².